The molecule has 0 saturated heterocycles. The van der Waals surface area contributed by atoms with E-state index in [0.717, 1.165) is 55.3 Å². The lowest BCUT2D eigenvalue weighted by atomic mass is 9.80. The first-order valence-electron chi connectivity index (χ1n) is 20.9. The van der Waals surface area contributed by atoms with Gasteiger partial charge in [0.15, 0.2) is 0 Å². The van der Waals surface area contributed by atoms with E-state index in [0.29, 0.717) is 20.1 Å². The molecule has 2 aliphatic rings. The third-order valence-corrected chi connectivity index (χ3v) is 14.0. The van der Waals surface area contributed by atoms with E-state index in [1.54, 1.807) is 0 Å². The van der Waals surface area contributed by atoms with Crippen LogP contribution in [0.25, 0.3) is 21.5 Å². The van der Waals surface area contributed by atoms with Gasteiger partial charge in [-0.3, -0.25) is 0 Å². The number of hydrogen-bond donors (Lipinski definition) is 2. The normalized spacial score (nSPS) is 17.4. The Morgan fingerprint density at radius 3 is 1.17 bits per heavy atom. The van der Waals surface area contributed by atoms with E-state index in [2.05, 4.69) is 83.4 Å². The predicted octanol–water partition coefficient (Wildman–Crippen LogP) is 12.1. The molecule has 2 heterocycles. The second-order valence-electron chi connectivity index (χ2n) is 15.4. The fourth-order valence-corrected chi connectivity index (χ4v) is 10.4. The molecule has 0 amide bonds. The summed E-state index contributed by atoms with van der Waals surface area (Å²) in [4.78, 5) is 26.3. The maximum absolute atomic E-state index is 13.1. The van der Waals surface area contributed by atoms with Crippen molar-refractivity contribution in [3.8, 4) is 11.5 Å². The molecule has 0 bridgehead atoms. The molecule has 10 heteroatoms. The highest BCUT2D eigenvalue weighted by molar-refractivity contribution is 8.22. The Kier molecular flexibility index (Phi) is 13.5. The largest absolute Gasteiger partial charge is 0.425 e. The number of fused-ring (bicyclic) bond motifs is 6. The number of ether oxygens (including phenoxy) is 2. The van der Waals surface area contributed by atoms with Gasteiger partial charge in [0.1, 0.15) is 32.2 Å². The SMILES string of the molecule is O=C1Oc2ccc3ccccc3c2[C@@H](c2ccccc2)[C@H]1NC(=S)SCc1ccccc1.O=C1Oc2ccc3ccccc3c2[C@H](c2ccccc2)[C@@H]1NC(=S)SCc1ccccc1. The number of thioether (sulfide) groups is 2. The van der Waals surface area contributed by atoms with Crippen LogP contribution in [0.5, 0.6) is 11.5 Å². The predicted molar refractivity (Wildman–Crippen MR) is 270 cm³/mol. The highest BCUT2D eigenvalue weighted by Gasteiger charge is 2.41. The van der Waals surface area contributed by atoms with Crippen molar-refractivity contribution in [2.75, 3.05) is 0 Å². The minimum Gasteiger partial charge on any atom is -0.425 e. The van der Waals surface area contributed by atoms with Crippen LogP contribution in [0.1, 0.15) is 45.2 Å². The van der Waals surface area contributed by atoms with E-state index in [4.69, 9.17) is 33.9 Å². The molecule has 316 valence electrons. The lowest BCUT2D eigenvalue weighted by Gasteiger charge is -2.34. The number of hydrogen-bond acceptors (Lipinski definition) is 8. The lowest BCUT2D eigenvalue weighted by molar-refractivity contribution is -0.138. The average molecular weight is 911 g/mol. The molecule has 2 N–H and O–H groups in total. The van der Waals surface area contributed by atoms with Gasteiger partial charge in [0, 0.05) is 34.5 Å². The summed E-state index contributed by atoms with van der Waals surface area (Å²) in [7, 11) is 0. The van der Waals surface area contributed by atoms with Crippen molar-refractivity contribution in [3.63, 3.8) is 0 Å². The standard InChI is InChI=1S/2C27H21NO2S2/c2*29-26-25(28-27(31)32-17-18-9-3-1-4-10-18)23(20-12-5-2-6-13-20)24-21-14-8-7-11-19(21)15-16-22(24)30-26/h2*1-16,23,25H,17H2,(H,28,31)/t2*23-,25-/m10/s1. The molecule has 0 fully saturated rings. The van der Waals surface area contributed by atoms with Gasteiger partial charge >= 0.3 is 11.9 Å². The van der Waals surface area contributed by atoms with E-state index in [-0.39, 0.29) is 23.8 Å². The number of nitrogens with one attached hydrogen (secondary N) is 2. The van der Waals surface area contributed by atoms with Crippen molar-refractivity contribution in [3.05, 3.63) is 228 Å². The van der Waals surface area contributed by atoms with Crippen LogP contribution in [-0.2, 0) is 21.1 Å². The van der Waals surface area contributed by atoms with Gasteiger partial charge in [-0.15, -0.1) is 0 Å². The molecule has 8 aromatic carbocycles. The number of rotatable bonds is 8. The second kappa shape index (κ2) is 20.0. The molecule has 0 saturated carbocycles. The summed E-state index contributed by atoms with van der Waals surface area (Å²) in [5.74, 6) is 1.65. The summed E-state index contributed by atoms with van der Waals surface area (Å²) in [6, 6.07) is 63.5. The fraction of sp³-hybridized carbons (Fsp3) is 0.111. The minimum atomic E-state index is -0.605. The molecule has 0 aromatic heterocycles. The van der Waals surface area contributed by atoms with Crippen LogP contribution in [0.2, 0.25) is 0 Å². The number of esters is 2. The van der Waals surface area contributed by atoms with Gasteiger partial charge in [-0.25, -0.2) is 9.59 Å². The van der Waals surface area contributed by atoms with Crippen LogP contribution in [-0.4, -0.2) is 32.7 Å². The van der Waals surface area contributed by atoms with E-state index in [9.17, 15) is 9.59 Å². The van der Waals surface area contributed by atoms with Gasteiger partial charge in [-0.2, -0.15) is 0 Å². The highest BCUT2D eigenvalue weighted by Crippen LogP contribution is 2.45. The summed E-state index contributed by atoms with van der Waals surface area (Å²) in [6.45, 7) is 0. The van der Waals surface area contributed by atoms with Crippen molar-refractivity contribution in [1.82, 2.24) is 10.6 Å². The summed E-state index contributed by atoms with van der Waals surface area (Å²) in [5, 5.41) is 11.0. The van der Waals surface area contributed by atoms with Crippen LogP contribution in [0.4, 0.5) is 0 Å². The minimum absolute atomic E-state index is 0.214. The molecule has 64 heavy (non-hydrogen) atoms. The van der Waals surface area contributed by atoms with Gasteiger partial charge in [0.2, 0.25) is 0 Å². The molecule has 0 aliphatic carbocycles. The van der Waals surface area contributed by atoms with Gasteiger partial charge in [0.05, 0.1) is 0 Å². The third kappa shape index (κ3) is 9.61. The van der Waals surface area contributed by atoms with Crippen LogP contribution in [0.15, 0.2) is 194 Å². The van der Waals surface area contributed by atoms with Crippen molar-refractivity contribution in [2.45, 2.75) is 35.4 Å². The van der Waals surface area contributed by atoms with Crippen LogP contribution < -0.4 is 20.1 Å². The fourth-order valence-electron chi connectivity index (χ4n) is 8.43. The first-order chi connectivity index (χ1) is 31.4. The smallest absolute Gasteiger partial charge is 0.334 e. The maximum atomic E-state index is 13.1. The van der Waals surface area contributed by atoms with Crippen LogP contribution >= 0.6 is 48.0 Å². The van der Waals surface area contributed by atoms with E-state index >= 15 is 0 Å². The summed E-state index contributed by atoms with van der Waals surface area (Å²) < 4.78 is 12.8. The van der Waals surface area contributed by atoms with E-state index in [1.807, 2.05) is 121 Å². The van der Waals surface area contributed by atoms with Crippen molar-refractivity contribution in [1.29, 1.82) is 0 Å². The van der Waals surface area contributed by atoms with Gasteiger partial charge < -0.3 is 20.1 Å². The molecular weight excluding hydrogens is 869 g/mol. The molecule has 4 atom stereocenters. The third-order valence-electron chi connectivity index (χ3n) is 11.4. The Morgan fingerprint density at radius 1 is 0.438 bits per heavy atom. The Bertz CT molecular complexity index is 2750. The second-order valence-corrected chi connectivity index (χ2v) is 18.7. The number of carbonyl (C=O) groups excluding carboxylic acids is 2. The summed E-state index contributed by atoms with van der Waals surface area (Å²) in [6.07, 6.45) is 0. The Morgan fingerprint density at radius 2 is 0.781 bits per heavy atom. The van der Waals surface area contributed by atoms with Crippen LogP contribution in [0.3, 0.4) is 0 Å². The van der Waals surface area contributed by atoms with Crippen molar-refractivity contribution in [2.24, 2.45) is 0 Å². The Balaban J connectivity index is 0.000000162. The van der Waals surface area contributed by atoms with E-state index < -0.39 is 12.1 Å². The zero-order valence-electron chi connectivity index (χ0n) is 34.5. The highest BCUT2D eigenvalue weighted by atomic mass is 32.2. The zero-order valence-corrected chi connectivity index (χ0v) is 37.7. The molecular formula is C54H42N2O4S4. The molecule has 0 spiro atoms. The average Bonchev–Trinajstić information content (AvgIpc) is 3.34. The van der Waals surface area contributed by atoms with E-state index in [1.165, 1.54) is 34.7 Å². The maximum Gasteiger partial charge on any atom is 0.334 e. The number of benzene rings is 8. The quantitative estimate of drug-likeness (QED) is 0.0874. The molecule has 0 unspecified atom stereocenters. The number of thiocarbonyl (C=S) groups is 2. The molecule has 6 nitrogen and oxygen atoms in total. The van der Waals surface area contributed by atoms with Crippen molar-refractivity contribution < 1.29 is 19.1 Å². The topological polar surface area (TPSA) is 76.7 Å². The summed E-state index contributed by atoms with van der Waals surface area (Å²) in [5.41, 5.74) is 6.50. The van der Waals surface area contributed by atoms with Gasteiger partial charge in [0.25, 0.3) is 0 Å². The Hall–Kier alpha value is -6.30. The monoisotopic (exact) mass is 910 g/mol. The summed E-state index contributed by atoms with van der Waals surface area (Å²) >= 11 is 14.3. The molecule has 2 aliphatic heterocycles. The molecule has 0 radical (unpaired) electrons. The van der Waals surface area contributed by atoms with Crippen LogP contribution in [0, 0.1) is 0 Å². The van der Waals surface area contributed by atoms with Crippen molar-refractivity contribution >= 4 is 90.1 Å². The lowest BCUT2D eigenvalue weighted by Crippen LogP contribution is -2.48. The molecule has 8 aromatic rings. The first kappa shape index (κ1) is 43.0. The van der Waals surface area contributed by atoms with Gasteiger partial charge in [-0.1, -0.05) is 230 Å². The first-order valence-corrected chi connectivity index (χ1v) is 23.7. The Labute approximate surface area is 391 Å². The van der Waals surface area contributed by atoms with Gasteiger partial charge in [-0.05, 0) is 55.9 Å². The zero-order chi connectivity index (χ0) is 43.8. The number of carbonyl (C=O) groups is 2. The molecule has 10 rings (SSSR count).